The number of hydrazine groups is 1. The molecule has 0 spiro atoms. The Hall–Kier alpha value is -4.59. The highest BCUT2D eigenvalue weighted by Crippen LogP contribution is 2.41. The zero-order valence-corrected chi connectivity index (χ0v) is 19.3. The average Bonchev–Trinajstić information content (AvgIpc) is 3.36. The second kappa shape index (κ2) is 8.98. The van der Waals surface area contributed by atoms with Gasteiger partial charge in [0.1, 0.15) is 12.3 Å². The van der Waals surface area contributed by atoms with Gasteiger partial charge in [0, 0.05) is 40.8 Å². The lowest BCUT2D eigenvalue weighted by molar-refractivity contribution is -0.122. The summed E-state index contributed by atoms with van der Waals surface area (Å²) >= 11 is 0. The van der Waals surface area contributed by atoms with Gasteiger partial charge in [-0.25, -0.2) is 0 Å². The molecular formula is C27H24N4O4. The van der Waals surface area contributed by atoms with Crippen molar-refractivity contribution >= 4 is 28.6 Å². The monoisotopic (exact) mass is 468 g/mol. The highest BCUT2D eigenvalue weighted by molar-refractivity contribution is 6.03. The molecule has 8 nitrogen and oxygen atoms in total. The topological polar surface area (TPSA) is 92.7 Å². The lowest BCUT2D eigenvalue weighted by Gasteiger charge is -2.25. The molecule has 3 aromatic carbocycles. The van der Waals surface area contributed by atoms with E-state index in [0.717, 1.165) is 22.0 Å². The van der Waals surface area contributed by atoms with E-state index in [1.807, 2.05) is 60.3 Å². The number of benzene rings is 3. The Labute approximate surface area is 202 Å². The van der Waals surface area contributed by atoms with Gasteiger partial charge in [-0.3, -0.25) is 25.2 Å². The lowest BCUT2D eigenvalue weighted by atomic mass is 9.97. The van der Waals surface area contributed by atoms with E-state index >= 15 is 0 Å². The van der Waals surface area contributed by atoms with Crippen molar-refractivity contribution in [2.75, 3.05) is 13.7 Å². The number of rotatable bonds is 5. The lowest BCUT2D eigenvalue weighted by Crippen LogP contribution is -2.47. The smallest absolute Gasteiger partial charge is 0.269 e. The molecule has 3 amide bonds. The summed E-state index contributed by atoms with van der Waals surface area (Å²) in [7, 11) is 3.50. The van der Waals surface area contributed by atoms with Crippen LogP contribution in [0.1, 0.15) is 37.9 Å². The van der Waals surface area contributed by atoms with Crippen LogP contribution < -0.4 is 15.6 Å². The highest BCUT2D eigenvalue weighted by Gasteiger charge is 2.39. The van der Waals surface area contributed by atoms with Gasteiger partial charge in [-0.15, -0.1) is 0 Å². The van der Waals surface area contributed by atoms with Crippen LogP contribution in [-0.2, 0) is 11.8 Å². The first-order valence-corrected chi connectivity index (χ1v) is 11.1. The van der Waals surface area contributed by atoms with Gasteiger partial charge in [0.15, 0.2) is 0 Å². The number of hydrogen-bond acceptors (Lipinski definition) is 4. The van der Waals surface area contributed by atoms with E-state index in [2.05, 4.69) is 10.9 Å². The van der Waals surface area contributed by atoms with E-state index in [-0.39, 0.29) is 12.5 Å². The largest absolute Gasteiger partial charge is 0.497 e. The molecule has 8 heteroatoms. The first-order chi connectivity index (χ1) is 17.0. The number of aromatic nitrogens is 1. The van der Waals surface area contributed by atoms with Crippen LogP contribution in [0.2, 0.25) is 0 Å². The number of carbonyl (C=O) groups is 3. The van der Waals surface area contributed by atoms with Crippen molar-refractivity contribution in [1.82, 2.24) is 20.3 Å². The van der Waals surface area contributed by atoms with Gasteiger partial charge in [0.05, 0.1) is 13.2 Å². The molecule has 1 aromatic heterocycles. The summed E-state index contributed by atoms with van der Waals surface area (Å²) in [5, 5.41) is 1.02. The van der Waals surface area contributed by atoms with Gasteiger partial charge >= 0.3 is 0 Å². The summed E-state index contributed by atoms with van der Waals surface area (Å²) in [6.45, 7) is -0.218. The van der Waals surface area contributed by atoms with Gasteiger partial charge in [-0.1, -0.05) is 36.4 Å². The fourth-order valence-corrected chi connectivity index (χ4v) is 4.59. The molecule has 0 saturated heterocycles. The van der Waals surface area contributed by atoms with Gasteiger partial charge < -0.3 is 14.2 Å². The maximum absolute atomic E-state index is 13.3. The second-order valence-corrected chi connectivity index (χ2v) is 8.37. The van der Waals surface area contributed by atoms with Crippen LogP contribution in [0.25, 0.3) is 10.9 Å². The molecule has 1 aliphatic rings. The molecule has 1 unspecified atom stereocenters. The maximum Gasteiger partial charge on any atom is 0.269 e. The van der Waals surface area contributed by atoms with Crippen LogP contribution >= 0.6 is 0 Å². The normalized spacial score (nSPS) is 14.6. The molecule has 4 aromatic rings. The number of nitrogens with zero attached hydrogens (tertiary/aromatic N) is 2. The van der Waals surface area contributed by atoms with E-state index < -0.39 is 17.9 Å². The van der Waals surface area contributed by atoms with E-state index in [1.165, 1.54) is 0 Å². The molecular weight excluding hydrogens is 444 g/mol. The van der Waals surface area contributed by atoms with E-state index in [0.29, 0.717) is 16.9 Å². The molecule has 2 heterocycles. The third kappa shape index (κ3) is 3.99. The quantitative estimate of drug-likeness (QED) is 0.440. The molecule has 35 heavy (non-hydrogen) atoms. The Morgan fingerprint density at radius 2 is 1.63 bits per heavy atom. The Bertz CT molecular complexity index is 1440. The number of para-hydroxylation sites is 1. The summed E-state index contributed by atoms with van der Waals surface area (Å²) in [6.07, 6.45) is 2.00. The number of ether oxygens (including phenoxy) is 1. The molecule has 0 radical (unpaired) electrons. The van der Waals surface area contributed by atoms with Crippen molar-refractivity contribution in [3.63, 3.8) is 0 Å². The van der Waals surface area contributed by atoms with E-state index in [9.17, 15) is 14.4 Å². The molecule has 0 saturated carbocycles. The van der Waals surface area contributed by atoms with E-state index in [1.54, 1.807) is 42.3 Å². The zero-order valence-electron chi connectivity index (χ0n) is 19.3. The number of hydrogen-bond donors (Lipinski definition) is 2. The van der Waals surface area contributed by atoms with E-state index in [4.69, 9.17) is 4.74 Å². The average molecular weight is 469 g/mol. The van der Waals surface area contributed by atoms with Crippen LogP contribution in [0.4, 0.5) is 0 Å². The summed E-state index contributed by atoms with van der Waals surface area (Å²) < 4.78 is 7.11. The first kappa shape index (κ1) is 22.2. The fraction of sp³-hybridized carbons (Fsp3) is 0.148. The van der Waals surface area contributed by atoms with Gasteiger partial charge in [0.25, 0.3) is 17.7 Å². The molecule has 1 aliphatic heterocycles. The number of carbonyl (C=O) groups excluding carboxylic acids is 3. The second-order valence-electron chi connectivity index (χ2n) is 8.37. The van der Waals surface area contributed by atoms with Crippen LogP contribution in [0.5, 0.6) is 5.75 Å². The third-order valence-corrected chi connectivity index (χ3v) is 6.26. The summed E-state index contributed by atoms with van der Waals surface area (Å²) in [5.41, 5.74) is 8.61. The van der Waals surface area contributed by atoms with Crippen molar-refractivity contribution in [1.29, 1.82) is 0 Å². The minimum absolute atomic E-state index is 0.218. The molecule has 176 valence electrons. The van der Waals surface area contributed by atoms with Crippen molar-refractivity contribution in [3.05, 3.63) is 101 Å². The Balaban J connectivity index is 1.38. The zero-order chi connectivity index (χ0) is 24.5. The standard InChI is InChI=1S/C27H24N4O4/c1-30-15-22(19-7-5-6-10-23(19)30)25-20-8-3-4-9-21(20)27(34)31(25)16-24(32)28-29-26(33)17-11-13-18(35-2)14-12-17/h3-15,25H,16H2,1-2H3,(H,28,32)(H,29,33). The number of fused-ring (bicyclic) bond motifs is 2. The van der Waals surface area contributed by atoms with Crippen LogP contribution in [0.15, 0.2) is 79.0 Å². The minimum Gasteiger partial charge on any atom is -0.497 e. The van der Waals surface area contributed by atoms with Crippen LogP contribution in [0.3, 0.4) is 0 Å². The SMILES string of the molecule is COc1ccc(C(=O)NNC(=O)CN2C(=O)c3ccccc3C2c2cn(C)c3ccccc23)cc1. The molecule has 0 aliphatic carbocycles. The Morgan fingerprint density at radius 1 is 0.914 bits per heavy atom. The minimum atomic E-state index is -0.502. The van der Waals surface area contributed by atoms with Crippen molar-refractivity contribution in [3.8, 4) is 5.75 Å². The predicted octanol–water partition coefficient (Wildman–Crippen LogP) is 3.19. The summed E-state index contributed by atoms with van der Waals surface area (Å²) in [5.74, 6) is -0.576. The maximum atomic E-state index is 13.3. The Kier molecular flexibility index (Phi) is 5.70. The van der Waals surface area contributed by atoms with Crippen LogP contribution in [0, 0.1) is 0 Å². The fourth-order valence-electron chi connectivity index (χ4n) is 4.59. The van der Waals surface area contributed by atoms with Crippen molar-refractivity contribution < 1.29 is 19.1 Å². The summed E-state index contributed by atoms with van der Waals surface area (Å²) in [4.78, 5) is 40.1. The van der Waals surface area contributed by atoms with Crippen molar-refractivity contribution in [2.45, 2.75) is 6.04 Å². The predicted molar refractivity (Wildman–Crippen MR) is 131 cm³/mol. The van der Waals surface area contributed by atoms with Gasteiger partial charge in [0.2, 0.25) is 0 Å². The number of nitrogens with one attached hydrogen (secondary N) is 2. The first-order valence-electron chi connectivity index (χ1n) is 11.1. The molecule has 2 N–H and O–H groups in total. The number of aryl methyl sites for hydroxylation is 1. The van der Waals surface area contributed by atoms with Crippen molar-refractivity contribution in [2.24, 2.45) is 7.05 Å². The van der Waals surface area contributed by atoms with Crippen LogP contribution in [-0.4, -0.2) is 40.8 Å². The molecule has 1 atom stereocenters. The van der Waals surface area contributed by atoms with Gasteiger partial charge in [-0.05, 0) is 42.0 Å². The molecule has 5 rings (SSSR count). The highest BCUT2D eigenvalue weighted by atomic mass is 16.5. The third-order valence-electron chi connectivity index (χ3n) is 6.26. The number of amides is 3. The molecule has 0 fully saturated rings. The summed E-state index contributed by atoms with van der Waals surface area (Å²) in [6, 6.07) is 21.5. The molecule has 0 bridgehead atoms. The van der Waals surface area contributed by atoms with Gasteiger partial charge in [-0.2, -0.15) is 0 Å². The Morgan fingerprint density at radius 3 is 2.40 bits per heavy atom. The number of methoxy groups -OCH3 is 1.